The van der Waals surface area contributed by atoms with Crippen LogP contribution in [0.4, 0.5) is 24.5 Å². The van der Waals surface area contributed by atoms with E-state index in [1.165, 1.54) is 16.8 Å². The molecule has 4 amide bonds. The van der Waals surface area contributed by atoms with E-state index in [0.717, 1.165) is 41.1 Å². The fourth-order valence-corrected chi connectivity index (χ4v) is 6.48. The van der Waals surface area contributed by atoms with Crippen LogP contribution in [0.5, 0.6) is 0 Å². The smallest absolute Gasteiger partial charge is 0.371 e. The second kappa shape index (κ2) is 12.1. The molecule has 48 heavy (non-hydrogen) atoms. The molecule has 3 aliphatic rings. The van der Waals surface area contributed by atoms with E-state index < -0.39 is 58.7 Å². The number of fused-ring (bicyclic) bond motifs is 1. The molecule has 3 N–H and O–H groups in total. The molecule has 2 aromatic carbocycles. The van der Waals surface area contributed by atoms with Gasteiger partial charge in [0.25, 0.3) is 11.8 Å². The van der Waals surface area contributed by atoms with Crippen molar-refractivity contribution in [3.63, 3.8) is 0 Å². The number of carbonyl (C=O) groups excluding carboxylic acids is 4. The number of benzene rings is 2. The van der Waals surface area contributed by atoms with Crippen molar-refractivity contribution in [3.05, 3.63) is 76.6 Å². The van der Waals surface area contributed by atoms with Gasteiger partial charge < -0.3 is 15.3 Å². The van der Waals surface area contributed by atoms with Gasteiger partial charge >= 0.3 is 6.18 Å². The Morgan fingerprint density at radius 2 is 1.81 bits per heavy atom. The molecule has 0 spiro atoms. The Morgan fingerprint density at radius 3 is 2.48 bits per heavy atom. The lowest BCUT2D eigenvalue weighted by molar-refractivity contribution is -0.140. The van der Waals surface area contributed by atoms with E-state index in [9.17, 15) is 37.5 Å². The van der Waals surface area contributed by atoms with Crippen LogP contribution >= 0.6 is 0 Å². The summed E-state index contributed by atoms with van der Waals surface area (Å²) in [5.41, 5.74) is -0.608. The molecule has 12 nitrogen and oxygen atoms in total. The predicted octanol–water partition coefficient (Wildman–Crippen LogP) is 3.78. The number of carbonyl (C=O) groups is 4. The van der Waals surface area contributed by atoms with Crippen molar-refractivity contribution in [1.29, 1.82) is 5.26 Å². The van der Waals surface area contributed by atoms with Gasteiger partial charge in [0, 0.05) is 48.2 Å². The minimum Gasteiger partial charge on any atom is -0.371 e. The van der Waals surface area contributed by atoms with Crippen molar-refractivity contribution in [2.45, 2.75) is 69.4 Å². The quantitative estimate of drug-likeness (QED) is 0.336. The molecule has 0 radical (unpaired) electrons. The molecule has 2 unspecified atom stereocenters. The number of nitriles is 1. The Bertz CT molecular complexity index is 1860. The third-order valence-electron chi connectivity index (χ3n) is 9.36. The Kier molecular flexibility index (Phi) is 8.24. The van der Waals surface area contributed by atoms with Gasteiger partial charge in [-0.15, -0.1) is 0 Å². The van der Waals surface area contributed by atoms with Gasteiger partial charge in [0.2, 0.25) is 11.8 Å². The molecule has 250 valence electrons. The van der Waals surface area contributed by atoms with Crippen molar-refractivity contribution in [2.75, 3.05) is 23.3 Å². The molecule has 15 heteroatoms. The molecule has 1 aromatic heterocycles. The summed E-state index contributed by atoms with van der Waals surface area (Å²) >= 11 is 0. The minimum absolute atomic E-state index is 0.0811. The molecule has 4 heterocycles. The maximum Gasteiger partial charge on any atom is 0.417 e. The van der Waals surface area contributed by atoms with Gasteiger partial charge in [-0.2, -0.15) is 23.5 Å². The minimum atomic E-state index is -4.76. The number of aliphatic hydroxyl groups is 1. The van der Waals surface area contributed by atoms with E-state index in [0.29, 0.717) is 24.2 Å². The van der Waals surface area contributed by atoms with Crippen LogP contribution in [0.2, 0.25) is 0 Å². The molecular weight excluding hydrogens is 631 g/mol. The summed E-state index contributed by atoms with van der Waals surface area (Å²) in [6, 6.07) is 8.82. The number of hydrogen-bond donors (Lipinski definition) is 3. The van der Waals surface area contributed by atoms with Crippen molar-refractivity contribution >= 4 is 35.0 Å². The highest BCUT2D eigenvalue weighted by atomic mass is 19.4. The number of nitrogens with zero attached hydrogens (tertiary/aromatic N) is 5. The van der Waals surface area contributed by atoms with Gasteiger partial charge in [0.05, 0.1) is 23.4 Å². The Morgan fingerprint density at radius 1 is 1.08 bits per heavy atom. The number of aromatic nitrogens is 2. The first kappa shape index (κ1) is 32.7. The van der Waals surface area contributed by atoms with Crippen molar-refractivity contribution in [1.82, 2.24) is 20.0 Å². The van der Waals surface area contributed by atoms with Gasteiger partial charge in [0.15, 0.2) is 6.23 Å². The van der Waals surface area contributed by atoms with E-state index in [1.807, 2.05) is 6.07 Å². The summed E-state index contributed by atoms with van der Waals surface area (Å²) < 4.78 is 41.7. The molecule has 0 aliphatic carbocycles. The zero-order chi connectivity index (χ0) is 34.5. The van der Waals surface area contributed by atoms with Gasteiger partial charge in [-0.1, -0.05) is 6.07 Å². The van der Waals surface area contributed by atoms with E-state index >= 15 is 0 Å². The van der Waals surface area contributed by atoms with Gasteiger partial charge in [-0.25, -0.2) is 0 Å². The second-order valence-electron chi connectivity index (χ2n) is 12.7. The summed E-state index contributed by atoms with van der Waals surface area (Å²) in [7, 11) is 0. The summed E-state index contributed by atoms with van der Waals surface area (Å²) in [5.74, 6) is -1.96. The summed E-state index contributed by atoms with van der Waals surface area (Å²) in [5, 5.41) is 29.1. The molecule has 2 saturated heterocycles. The van der Waals surface area contributed by atoms with Gasteiger partial charge in [-0.3, -0.25) is 34.1 Å². The second-order valence-corrected chi connectivity index (χ2v) is 12.7. The maximum atomic E-state index is 13.4. The molecular formula is C33H32F3N7O5. The largest absolute Gasteiger partial charge is 0.417 e. The number of amides is 4. The van der Waals surface area contributed by atoms with E-state index in [1.54, 1.807) is 38.4 Å². The number of piperidine rings is 2. The summed E-state index contributed by atoms with van der Waals surface area (Å²) in [6.07, 6.45) is -0.915. The third-order valence-corrected chi connectivity index (χ3v) is 9.36. The molecule has 3 aliphatic heterocycles. The number of rotatable bonds is 6. The van der Waals surface area contributed by atoms with Crippen LogP contribution in [0.25, 0.3) is 0 Å². The summed E-state index contributed by atoms with van der Waals surface area (Å²) in [6.45, 7) is 4.49. The number of alkyl halides is 3. The number of halogens is 3. The first-order valence-corrected chi connectivity index (χ1v) is 15.4. The highest BCUT2D eigenvalue weighted by molar-refractivity contribution is 6.06. The first-order valence-electron chi connectivity index (χ1n) is 15.4. The van der Waals surface area contributed by atoms with Crippen LogP contribution < -0.4 is 15.5 Å². The molecule has 6 rings (SSSR count). The number of nitrogens with one attached hydrogen (secondary N) is 2. The van der Waals surface area contributed by atoms with Crippen molar-refractivity contribution < 1.29 is 37.5 Å². The number of hydrogen-bond acceptors (Lipinski definition) is 8. The van der Waals surface area contributed by atoms with Gasteiger partial charge in [0.1, 0.15) is 11.6 Å². The monoisotopic (exact) mass is 663 g/mol. The SMILES string of the molecule is CC(C)(C(=O)Nc1ccc(C#N)c(C(F)(F)F)c1)n1cc(C2CCN(c3ccc4c(c3)C(=O)N(C3CCC(=O)NC3=O)C4O)CC2)cn1. The fourth-order valence-electron chi connectivity index (χ4n) is 6.48. The van der Waals surface area contributed by atoms with Crippen molar-refractivity contribution in [2.24, 2.45) is 0 Å². The lowest BCUT2D eigenvalue weighted by Crippen LogP contribution is -2.53. The van der Waals surface area contributed by atoms with Crippen molar-refractivity contribution in [3.8, 4) is 6.07 Å². The Hall–Kier alpha value is -5.23. The lowest BCUT2D eigenvalue weighted by atomic mass is 9.91. The zero-order valence-corrected chi connectivity index (χ0v) is 26.0. The number of anilines is 2. The predicted molar refractivity (Wildman–Crippen MR) is 164 cm³/mol. The average molecular weight is 664 g/mol. The third kappa shape index (κ3) is 5.87. The molecule has 0 bridgehead atoms. The first-order chi connectivity index (χ1) is 22.7. The topological polar surface area (TPSA) is 161 Å². The van der Waals surface area contributed by atoms with Gasteiger partial charge in [-0.05, 0) is 74.9 Å². The van der Waals surface area contributed by atoms with Crippen LogP contribution in [-0.4, -0.2) is 62.5 Å². The Balaban J connectivity index is 1.10. The fraction of sp³-hybridized carbons (Fsp3) is 0.394. The average Bonchev–Trinajstić information content (AvgIpc) is 3.65. The lowest BCUT2D eigenvalue weighted by Gasteiger charge is -2.33. The van der Waals surface area contributed by atoms with Crippen LogP contribution in [0.3, 0.4) is 0 Å². The molecule has 0 saturated carbocycles. The highest BCUT2D eigenvalue weighted by Crippen LogP contribution is 2.39. The summed E-state index contributed by atoms with van der Waals surface area (Å²) in [4.78, 5) is 53.7. The Labute approximate surface area is 273 Å². The molecule has 3 aromatic rings. The zero-order valence-electron chi connectivity index (χ0n) is 26.0. The van der Waals surface area contributed by atoms with E-state index in [4.69, 9.17) is 5.26 Å². The highest BCUT2D eigenvalue weighted by Gasteiger charge is 2.44. The van der Waals surface area contributed by atoms with E-state index in [2.05, 4.69) is 20.6 Å². The number of aliphatic hydroxyl groups excluding tert-OH is 1. The van der Waals surface area contributed by atoms with E-state index in [-0.39, 0.29) is 24.4 Å². The standard InChI is InChI=1S/C33H32F3N7O5/c1-32(2,31(48)39-21-4-3-19(15-37)25(13-21)33(34,35)36)42-17-20(16-38-42)18-9-11-41(12-10-18)22-5-6-23-24(14-22)30(47)43(29(23)46)26-7-8-27(44)40-28(26)45/h3-6,13-14,16-18,26,29,46H,7-12H2,1-2H3,(H,39,48)(H,40,44,45). The van der Waals surface area contributed by atoms with Crippen LogP contribution in [0, 0.1) is 11.3 Å². The maximum absolute atomic E-state index is 13.4. The normalized spacial score (nSPS) is 20.4. The molecule has 2 fully saturated rings. The molecule has 2 atom stereocenters. The van der Waals surface area contributed by atoms with Crippen LogP contribution in [-0.2, 0) is 26.1 Å². The van der Waals surface area contributed by atoms with Crippen LogP contribution in [0.15, 0.2) is 48.8 Å². The van der Waals surface area contributed by atoms with Crippen LogP contribution in [0.1, 0.15) is 84.3 Å². The number of imide groups is 1.